The highest BCUT2D eigenvalue weighted by Gasteiger charge is 2.15. The SMILES string of the molecule is Cl.O=[N+]([O-])c1cc(N2CCSCC2)c[nH]1. The summed E-state index contributed by atoms with van der Waals surface area (Å²) in [7, 11) is 0. The highest BCUT2D eigenvalue weighted by Crippen LogP contribution is 2.23. The maximum Gasteiger partial charge on any atom is 0.322 e. The molecule has 0 atom stereocenters. The molecule has 1 saturated heterocycles. The van der Waals surface area contributed by atoms with Gasteiger partial charge in [-0.1, -0.05) is 0 Å². The Labute approximate surface area is 97.8 Å². The number of aromatic amines is 1. The average molecular weight is 250 g/mol. The molecule has 1 aromatic rings. The van der Waals surface area contributed by atoms with Crippen LogP contribution in [0.4, 0.5) is 11.5 Å². The largest absolute Gasteiger partial charge is 0.367 e. The average Bonchev–Trinajstić information content (AvgIpc) is 2.68. The van der Waals surface area contributed by atoms with Crippen molar-refractivity contribution < 1.29 is 4.92 Å². The fourth-order valence-corrected chi connectivity index (χ4v) is 2.38. The summed E-state index contributed by atoms with van der Waals surface area (Å²) in [4.78, 5) is 14.9. The number of halogens is 1. The molecule has 15 heavy (non-hydrogen) atoms. The van der Waals surface area contributed by atoms with Crippen LogP contribution in [0, 0.1) is 10.1 Å². The molecule has 1 aliphatic heterocycles. The van der Waals surface area contributed by atoms with Gasteiger partial charge in [0.15, 0.2) is 0 Å². The maximum atomic E-state index is 10.4. The van der Waals surface area contributed by atoms with E-state index in [0.717, 1.165) is 30.3 Å². The molecular weight excluding hydrogens is 238 g/mol. The standard InChI is InChI=1S/C8H11N3O2S.ClH/c12-11(13)8-5-7(6-9-8)10-1-3-14-4-2-10;/h5-6,9H,1-4H2;1H. The lowest BCUT2D eigenvalue weighted by atomic mass is 10.4. The number of nitro groups is 1. The molecule has 0 aromatic carbocycles. The topological polar surface area (TPSA) is 62.2 Å². The molecule has 1 aliphatic rings. The van der Waals surface area contributed by atoms with Gasteiger partial charge in [-0.3, -0.25) is 0 Å². The highest BCUT2D eigenvalue weighted by molar-refractivity contribution is 7.99. The summed E-state index contributed by atoms with van der Waals surface area (Å²) in [6, 6.07) is 1.59. The minimum atomic E-state index is -0.401. The Hall–Kier alpha value is -0.880. The van der Waals surface area contributed by atoms with E-state index in [9.17, 15) is 10.1 Å². The minimum Gasteiger partial charge on any atom is -0.367 e. The summed E-state index contributed by atoms with van der Waals surface area (Å²) in [5, 5.41) is 10.4. The predicted molar refractivity (Wildman–Crippen MR) is 64.2 cm³/mol. The van der Waals surface area contributed by atoms with Crippen LogP contribution in [0.3, 0.4) is 0 Å². The first-order valence-corrected chi connectivity index (χ1v) is 5.58. The Bertz CT molecular complexity index is 338. The van der Waals surface area contributed by atoms with Crippen molar-refractivity contribution in [1.82, 2.24) is 4.98 Å². The summed E-state index contributed by atoms with van der Waals surface area (Å²) >= 11 is 1.92. The number of anilines is 1. The van der Waals surface area contributed by atoms with Gasteiger partial charge in [0.05, 0.1) is 11.8 Å². The third kappa shape index (κ3) is 2.79. The van der Waals surface area contributed by atoms with E-state index in [1.807, 2.05) is 11.8 Å². The van der Waals surface area contributed by atoms with E-state index in [1.54, 1.807) is 12.3 Å². The van der Waals surface area contributed by atoms with Crippen molar-refractivity contribution in [2.75, 3.05) is 29.5 Å². The van der Waals surface area contributed by atoms with Gasteiger partial charge in [-0.05, 0) is 4.92 Å². The number of thioether (sulfide) groups is 1. The molecule has 1 fully saturated rings. The molecule has 0 aliphatic carbocycles. The lowest BCUT2D eigenvalue weighted by Crippen LogP contribution is -2.31. The molecule has 0 spiro atoms. The van der Waals surface area contributed by atoms with Crippen LogP contribution in [0.5, 0.6) is 0 Å². The van der Waals surface area contributed by atoms with Gasteiger partial charge >= 0.3 is 5.82 Å². The number of nitrogens with one attached hydrogen (secondary N) is 1. The number of hydrogen-bond acceptors (Lipinski definition) is 4. The molecule has 0 amide bonds. The summed E-state index contributed by atoms with van der Waals surface area (Å²) in [5.74, 6) is 2.26. The van der Waals surface area contributed by atoms with Crippen LogP contribution >= 0.6 is 24.2 Å². The normalized spacial score (nSPS) is 15.9. The Morgan fingerprint density at radius 2 is 2.13 bits per heavy atom. The third-order valence-electron chi connectivity index (χ3n) is 2.23. The van der Waals surface area contributed by atoms with Gasteiger partial charge < -0.3 is 15.0 Å². The van der Waals surface area contributed by atoms with Crippen LogP contribution in [0.25, 0.3) is 0 Å². The number of hydrogen-bond donors (Lipinski definition) is 1. The van der Waals surface area contributed by atoms with E-state index in [1.165, 1.54) is 0 Å². The monoisotopic (exact) mass is 249 g/mol. The lowest BCUT2D eigenvalue weighted by molar-refractivity contribution is -0.389. The second-order valence-corrected chi connectivity index (χ2v) is 4.32. The van der Waals surface area contributed by atoms with Crippen LogP contribution in [0.2, 0.25) is 0 Å². The molecule has 84 valence electrons. The predicted octanol–water partition coefficient (Wildman–Crippen LogP) is 1.90. The second-order valence-electron chi connectivity index (χ2n) is 3.10. The molecule has 0 saturated carbocycles. The van der Waals surface area contributed by atoms with Crippen molar-refractivity contribution in [3.63, 3.8) is 0 Å². The lowest BCUT2D eigenvalue weighted by Gasteiger charge is -2.26. The zero-order chi connectivity index (χ0) is 9.97. The molecule has 2 rings (SSSR count). The Morgan fingerprint density at radius 3 is 2.67 bits per heavy atom. The summed E-state index contributed by atoms with van der Waals surface area (Å²) in [5.41, 5.74) is 0.928. The van der Waals surface area contributed by atoms with Crippen molar-refractivity contribution in [1.29, 1.82) is 0 Å². The fraction of sp³-hybridized carbons (Fsp3) is 0.500. The summed E-state index contributed by atoms with van der Waals surface area (Å²) in [6.07, 6.45) is 1.70. The first-order valence-electron chi connectivity index (χ1n) is 4.43. The van der Waals surface area contributed by atoms with E-state index in [2.05, 4.69) is 9.88 Å². The number of rotatable bonds is 2. The smallest absolute Gasteiger partial charge is 0.322 e. The number of nitrogens with zero attached hydrogens (tertiary/aromatic N) is 2. The van der Waals surface area contributed by atoms with Crippen molar-refractivity contribution in [3.8, 4) is 0 Å². The van der Waals surface area contributed by atoms with Crippen molar-refractivity contribution in [2.24, 2.45) is 0 Å². The maximum absolute atomic E-state index is 10.4. The second kappa shape index (κ2) is 5.27. The number of aromatic nitrogens is 1. The van der Waals surface area contributed by atoms with Gasteiger partial charge in [0, 0.05) is 24.6 Å². The summed E-state index contributed by atoms with van der Waals surface area (Å²) in [6.45, 7) is 1.94. The van der Waals surface area contributed by atoms with E-state index in [4.69, 9.17) is 0 Å². The van der Waals surface area contributed by atoms with Crippen LogP contribution in [0.1, 0.15) is 0 Å². The van der Waals surface area contributed by atoms with E-state index in [0.29, 0.717) is 0 Å². The van der Waals surface area contributed by atoms with Crippen molar-refractivity contribution in [2.45, 2.75) is 0 Å². The van der Waals surface area contributed by atoms with Crippen molar-refractivity contribution in [3.05, 3.63) is 22.4 Å². The van der Waals surface area contributed by atoms with Gasteiger partial charge in [0.1, 0.15) is 6.20 Å². The van der Waals surface area contributed by atoms with Crippen LogP contribution < -0.4 is 4.90 Å². The first-order chi connectivity index (χ1) is 6.77. The zero-order valence-electron chi connectivity index (χ0n) is 8.01. The molecule has 0 unspecified atom stereocenters. The van der Waals surface area contributed by atoms with Crippen molar-refractivity contribution >= 4 is 35.7 Å². The van der Waals surface area contributed by atoms with Crippen LogP contribution in [-0.2, 0) is 0 Å². The van der Waals surface area contributed by atoms with Gasteiger partial charge in [0.25, 0.3) is 0 Å². The molecule has 5 nitrogen and oxygen atoms in total. The van der Waals surface area contributed by atoms with Gasteiger partial charge in [0.2, 0.25) is 0 Å². The molecule has 1 N–H and O–H groups in total. The highest BCUT2D eigenvalue weighted by atomic mass is 35.5. The Morgan fingerprint density at radius 1 is 1.47 bits per heavy atom. The van der Waals surface area contributed by atoms with E-state index >= 15 is 0 Å². The number of H-pyrrole nitrogens is 1. The fourth-order valence-electron chi connectivity index (χ4n) is 1.48. The molecule has 0 radical (unpaired) electrons. The van der Waals surface area contributed by atoms with Crippen LogP contribution in [0.15, 0.2) is 12.3 Å². The van der Waals surface area contributed by atoms with E-state index in [-0.39, 0.29) is 18.2 Å². The summed E-state index contributed by atoms with van der Waals surface area (Å²) < 4.78 is 0. The Kier molecular flexibility index (Phi) is 4.28. The quantitative estimate of drug-likeness (QED) is 0.642. The molecule has 2 heterocycles. The zero-order valence-corrected chi connectivity index (χ0v) is 9.64. The molecule has 7 heteroatoms. The molecule has 0 bridgehead atoms. The van der Waals surface area contributed by atoms with E-state index < -0.39 is 4.92 Å². The first kappa shape index (κ1) is 12.2. The van der Waals surface area contributed by atoms with Gasteiger partial charge in [-0.15, -0.1) is 12.4 Å². The van der Waals surface area contributed by atoms with Gasteiger partial charge in [-0.2, -0.15) is 11.8 Å². The minimum absolute atomic E-state index is 0. The molecule has 1 aromatic heterocycles. The Balaban J connectivity index is 0.00000112. The third-order valence-corrected chi connectivity index (χ3v) is 3.17. The van der Waals surface area contributed by atoms with Gasteiger partial charge in [-0.25, -0.2) is 4.98 Å². The molecular formula is C8H12ClN3O2S. The van der Waals surface area contributed by atoms with Crippen LogP contribution in [-0.4, -0.2) is 34.5 Å².